The van der Waals surface area contributed by atoms with Crippen molar-refractivity contribution in [3.8, 4) is 33.6 Å². The first kappa shape index (κ1) is 44.9. The number of hydrogen-bond acceptors (Lipinski definition) is 2. The highest BCUT2D eigenvalue weighted by molar-refractivity contribution is 6.05. The predicted molar refractivity (Wildman–Crippen MR) is 306 cm³/mol. The molecule has 0 amide bonds. The first-order valence-electron chi connectivity index (χ1n) is 29.1. The van der Waals surface area contributed by atoms with Gasteiger partial charge in [-0.25, -0.2) is 0 Å². The van der Waals surface area contributed by atoms with E-state index in [0.29, 0.717) is 45.2 Å². The number of benzene rings is 7. The number of hydrogen-bond donors (Lipinski definition) is 0. The van der Waals surface area contributed by atoms with E-state index in [0.717, 1.165) is 33.4 Å². The number of para-hydroxylation sites is 2. The van der Waals surface area contributed by atoms with E-state index in [1.807, 2.05) is 24.3 Å². The van der Waals surface area contributed by atoms with Crippen molar-refractivity contribution in [2.24, 2.45) is 23.7 Å². The SMILES string of the molecule is O=c1c2ccccc2n(-c2ccc3c(c2)-c2ccccc2C3(C2CCCCC2)C2CCCCC2)c2cc3c(=O)c4ccccc4n(-c4ccc5c(c4)-c4ccccc4C5(C4CCCCC4)C4CCCCC4)c3cc12. The molecule has 15 rings (SSSR count). The van der Waals surface area contributed by atoms with E-state index in [2.05, 4.69) is 130 Å². The highest BCUT2D eigenvalue weighted by atomic mass is 16.1. The third kappa shape index (κ3) is 6.32. The minimum Gasteiger partial charge on any atom is -0.309 e. The maximum atomic E-state index is 15.3. The molecule has 6 aliphatic rings. The van der Waals surface area contributed by atoms with E-state index in [-0.39, 0.29) is 21.7 Å². The van der Waals surface area contributed by atoms with E-state index < -0.39 is 0 Å². The number of nitrogens with zero attached hydrogens (tertiary/aromatic N) is 2. The third-order valence-electron chi connectivity index (χ3n) is 20.6. The Kier molecular flexibility index (Phi) is 10.6. The molecule has 2 heterocycles. The van der Waals surface area contributed by atoms with Gasteiger partial charge >= 0.3 is 0 Å². The molecule has 4 heteroatoms. The van der Waals surface area contributed by atoms with Gasteiger partial charge in [-0.3, -0.25) is 9.59 Å². The summed E-state index contributed by atoms with van der Waals surface area (Å²) in [6, 6.07) is 53.8. The lowest BCUT2D eigenvalue weighted by atomic mass is 9.55. The molecule has 7 aromatic carbocycles. The molecule has 0 atom stereocenters. The minimum absolute atomic E-state index is 0.00587. The largest absolute Gasteiger partial charge is 0.309 e. The molecule has 0 N–H and O–H groups in total. The van der Waals surface area contributed by atoms with Crippen LogP contribution in [0.4, 0.5) is 0 Å². The molecule has 4 saturated carbocycles. The molecule has 74 heavy (non-hydrogen) atoms. The van der Waals surface area contributed by atoms with Crippen LogP contribution >= 0.6 is 0 Å². The first-order chi connectivity index (χ1) is 36.6. The summed E-state index contributed by atoms with van der Waals surface area (Å²) < 4.78 is 4.61. The fraction of sp³-hybridized carbons (Fsp3) is 0.371. The molecule has 0 radical (unpaired) electrons. The van der Waals surface area contributed by atoms with Gasteiger partial charge < -0.3 is 9.13 Å². The van der Waals surface area contributed by atoms with E-state index in [1.165, 1.54) is 162 Å². The van der Waals surface area contributed by atoms with Gasteiger partial charge in [0, 0.05) is 43.7 Å². The van der Waals surface area contributed by atoms with Gasteiger partial charge in [0.2, 0.25) is 0 Å². The normalized spacial score (nSPS) is 20.0. The molecule has 0 spiro atoms. The van der Waals surface area contributed by atoms with Gasteiger partial charge in [0.1, 0.15) is 0 Å². The molecule has 0 bridgehead atoms. The van der Waals surface area contributed by atoms with E-state index >= 15 is 9.59 Å². The second kappa shape index (κ2) is 17.5. The van der Waals surface area contributed by atoms with Crippen molar-refractivity contribution in [2.45, 2.75) is 139 Å². The molecule has 2 aromatic heterocycles. The van der Waals surface area contributed by atoms with Crippen LogP contribution in [0.1, 0.15) is 151 Å². The maximum absolute atomic E-state index is 15.3. The smallest absolute Gasteiger partial charge is 0.197 e. The summed E-state index contributed by atoms with van der Waals surface area (Å²) >= 11 is 0. The third-order valence-corrected chi connectivity index (χ3v) is 20.6. The van der Waals surface area contributed by atoms with Crippen LogP contribution in [-0.2, 0) is 10.8 Å². The lowest BCUT2D eigenvalue weighted by Crippen LogP contribution is -2.44. The molecule has 0 saturated heterocycles. The maximum Gasteiger partial charge on any atom is 0.197 e. The number of pyridine rings is 2. The fourth-order valence-electron chi connectivity index (χ4n) is 17.8. The fourth-order valence-corrected chi connectivity index (χ4v) is 17.8. The lowest BCUT2D eigenvalue weighted by molar-refractivity contribution is 0.137. The van der Waals surface area contributed by atoms with Gasteiger partial charge in [0.05, 0.1) is 22.1 Å². The number of rotatable bonds is 6. The standard InChI is InChI=1S/C70H68N2O2/c73-67-53-31-15-19-35-63(53)71(49-37-39-61-55(41-49)51-29-13-17-33-59(51)69(61,45-21-5-1-6-22-45)46-23-7-2-8-24-46)65-43-58-66(44-57(65)67)72(64-36-20-16-32-54(64)68(58)74)50-38-40-62-56(42-50)52-30-14-18-34-60(52)70(62,47-25-9-3-10-26-47)48-27-11-4-12-28-48/h13-20,29-48H,1-12,21-28H2. The van der Waals surface area contributed by atoms with E-state index in [1.54, 1.807) is 11.1 Å². The quantitative estimate of drug-likeness (QED) is 0.156. The van der Waals surface area contributed by atoms with Crippen molar-refractivity contribution >= 4 is 43.6 Å². The molecular weight excluding hydrogens is 901 g/mol. The summed E-state index contributed by atoms with van der Waals surface area (Å²) in [5.41, 5.74) is 16.9. The van der Waals surface area contributed by atoms with Crippen molar-refractivity contribution < 1.29 is 0 Å². The molecule has 4 fully saturated rings. The zero-order valence-corrected chi connectivity index (χ0v) is 43.0. The van der Waals surface area contributed by atoms with Crippen molar-refractivity contribution in [1.82, 2.24) is 9.13 Å². The minimum atomic E-state index is -0.00587. The van der Waals surface area contributed by atoms with Crippen molar-refractivity contribution in [2.75, 3.05) is 0 Å². The van der Waals surface area contributed by atoms with Crippen LogP contribution in [-0.4, -0.2) is 9.13 Å². The van der Waals surface area contributed by atoms with Crippen molar-refractivity contribution in [3.05, 3.63) is 188 Å². The summed E-state index contributed by atoms with van der Waals surface area (Å²) in [6.07, 6.45) is 26.2. The summed E-state index contributed by atoms with van der Waals surface area (Å²) in [7, 11) is 0. The van der Waals surface area contributed by atoms with Crippen molar-refractivity contribution in [1.29, 1.82) is 0 Å². The zero-order valence-electron chi connectivity index (χ0n) is 43.0. The van der Waals surface area contributed by atoms with Gasteiger partial charge in [-0.05, 0) is 180 Å². The van der Waals surface area contributed by atoms with E-state index in [4.69, 9.17) is 0 Å². The Hall–Kier alpha value is -6.52. The van der Waals surface area contributed by atoms with Crippen LogP contribution in [0.2, 0.25) is 0 Å². The first-order valence-corrected chi connectivity index (χ1v) is 29.1. The zero-order chi connectivity index (χ0) is 49.1. The average Bonchev–Trinajstić information content (AvgIpc) is 3.96. The number of fused-ring (bicyclic) bond motifs is 10. The Morgan fingerprint density at radius 2 is 0.622 bits per heavy atom. The van der Waals surface area contributed by atoms with Gasteiger partial charge in [-0.15, -0.1) is 0 Å². The van der Waals surface area contributed by atoms with Gasteiger partial charge in [0.15, 0.2) is 10.9 Å². The Labute approximate surface area is 435 Å². The highest BCUT2D eigenvalue weighted by Gasteiger charge is 2.55. The summed E-state index contributed by atoms with van der Waals surface area (Å²) in [5, 5.41) is 2.62. The van der Waals surface area contributed by atoms with E-state index in [9.17, 15) is 0 Å². The molecule has 0 unspecified atom stereocenters. The van der Waals surface area contributed by atoms with Gasteiger partial charge in [0.25, 0.3) is 0 Å². The molecule has 0 aliphatic heterocycles. The molecule has 9 aromatic rings. The second-order valence-corrected chi connectivity index (χ2v) is 23.9. The topological polar surface area (TPSA) is 44.0 Å². The monoisotopic (exact) mass is 969 g/mol. The summed E-state index contributed by atoms with van der Waals surface area (Å²) in [4.78, 5) is 30.5. The molecular formula is C70H68N2O2. The van der Waals surface area contributed by atoms with Crippen LogP contribution in [0.5, 0.6) is 0 Å². The highest BCUT2D eigenvalue weighted by Crippen LogP contribution is 2.64. The molecule has 4 nitrogen and oxygen atoms in total. The van der Waals surface area contributed by atoms with Gasteiger partial charge in [-0.2, -0.15) is 0 Å². The Morgan fingerprint density at radius 1 is 0.297 bits per heavy atom. The summed E-state index contributed by atoms with van der Waals surface area (Å²) in [6.45, 7) is 0. The van der Waals surface area contributed by atoms with Gasteiger partial charge in [-0.1, -0.05) is 162 Å². The Bertz CT molecular complexity index is 3560. The molecule has 370 valence electrons. The Balaban J connectivity index is 0.967. The average molecular weight is 969 g/mol. The van der Waals surface area contributed by atoms with Crippen LogP contribution in [0, 0.1) is 23.7 Å². The second-order valence-electron chi connectivity index (χ2n) is 23.9. The lowest BCUT2D eigenvalue weighted by Gasteiger charge is -2.49. The predicted octanol–water partition coefficient (Wildman–Crippen LogP) is 17.5. The van der Waals surface area contributed by atoms with Crippen LogP contribution in [0.15, 0.2) is 155 Å². The van der Waals surface area contributed by atoms with Crippen molar-refractivity contribution in [3.63, 3.8) is 0 Å². The van der Waals surface area contributed by atoms with Crippen LogP contribution in [0.3, 0.4) is 0 Å². The summed E-state index contributed by atoms with van der Waals surface area (Å²) in [5.74, 6) is 2.51. The Morgan fingerprint density at radius 3 is 1.00 bits per heavy atom. The van der Waals surface area contributed by atoms with Crippen LogP contribution in [0.25, 0.3) is 77.2 Å². The van der Waals surface area contributed by atoms with Crippen LogP contribution < -0.4 is 10.9 Å². The molecule has 6 aliphatic carbocycles. The number of aromatic nitrogens is 2.